The van der Waals surface area contributed by atoms with Gasteiger partial charge in [0.25, 0.3) is 0 Å². The van der Waals surface area contributed by atoms with E-state index in [-0.39, 0.29) is 18.5 Å². The molecule has 0 aromatic rings. The number of esters is 1. The van der Waals surface area contributed by atoms with Gasteiger partial charge in [-0.3, -0.25) is 9.59 Å². The number of unbranched alkanes of at least 4 members (excludes halogenated alkanes) is 57. The number of rotatable bonds is 75. The molecule has 7 unspecified atom stereocenters. The Balaban J connectivity index is 1.83. The molecule has 1 fully saturated rings. The van der Waals surface area contributed by atoms with Crippen LogP contribution in [-0.4, -0.2) is 100 Å². The highest BCUT2D eigenvalue weighted by Crippen LogP contribution is 2.24. The number of aliphatic hydroxyl groups is 5. The average molecular weight is 1340 g/mol. The van der Waals surface area contributed by atoms with Crippen molar-refractivity contribution in [3.05, 3.63) is 36.5 Å². The fourth-order valence-electron chi connectivity index (χ4n) is 13.5. The van der Waals surface area contributed by atoms with E-state index < -0.39 is 49.5 Å². The lowest BCUT2D eigenvalue weighted by molar-refractivity contribution is -0.302. The Kier molecular flexibility index (Phi) is 69.9. The number of carbonyl (C=O) groups is 2. The van der Waals surface area contributed by atoms with Crippen LogP contribution in [0.25, 0.3) is 0 Å². The first-order chi connectivity index (χ1) is 46.7. The summed E-state index contributed by atoms with van der Waals surface area (Å²) < 4.78 is 16.7. The molecule has 11 heteroatoms. The second-order valence-electron chi connectivity index (χ2n) is 29.2. The molecule has 11 nitrogen and oxygen atoms in total. The Morgan fingerprint density at radius 1 is 0.379 bits per heavy atom. The standard InChI is InChI=1S/C84H159NO10/c1-3-5-7-9-11-13-14-15-16-17-39-43-46-49-52-56-60-64-68-72-80(89)93-73-69-65-61-57-53-50-47-44-41-38-36-34-32-30-28-26-24-22-20-18-19-21-23-25-27-29-31-33-35-37-40-42-45-48-51-55-59-63-67-71-79(88)85-76(77(87)70-66-62-58-54-12-10-8-6-4-2)75-94-84-83(92)82(91)81(90)78(74-86)95-84/h12,18-19,54,66,70,76-78,81-84,86-87,90-92H,3-11,13-17,20-53,55-65,67-69,71-75H2,1-2H3,(H,85,88)/b19-18-,54-12+,70-66+. The molecule has 1 rings (SSSR count). The number of allylic oxidation sites excluding steroid dienone is 5. The molecule has 95 heavy (non-hydrogen) atoms. The zero-order chi connectivity index (χ0) is 68.6. The third-order valence-electron chi connectivity index (χ3n) is 20.0. The van der Waals surface area contributed by atoms with E-state index in [0.29, 0.717) is 19.4 Å². The minimum absolute atomic E-state index is 0.0222. The maximum Gasteiger partial charge on any atom is 0.305 e. The molecule has 1 aliphatic heterocycles. The Morgan fingerprint density at radius 2 is 0.684 bits per heavy atom. The van der Waals surface area contributed by atoms with E-state index >= 15 is 0 Å². The van der Waals surface area contributed by atoms with Crippen LogP contribution in [0, 0.1) is 0 Å². The van der Waals surface area contributed by atoms with Crippen LogP contribution in [0.15, 0.2) is 36.5 Å². The fraction of sp³-hybridized carbons (Fsp3) is 0.905. The van der Waals surface area contributed by atoms with Gasteiger partial charge in [-0.1, -0.05) is 378 Å². The molecular formula is C84H159NO10. The molecule has 7 atom stereocenters. The van der Waals surface area contributed by atoms with Gasteiger partial charge in [0.15, 0.2) is 6.29 Å². The monoisotopic (exact) mass is 1340 g/mol. The molecule has 1 aliphatic rings. The van der Waals surface area contributed by atoms with Gasteiger partial charge in [0.2, 0.25) is 5.91 Å². The van der Waals surface area contributed by atoms with E-state index in [1.165, 1.54) is 347 Å². The van der Waals surface area contributed by atoms with Crippen molar-refractivity contribution in [1.29, 1.82) is 0 Å². The molecule has 1 amide bonds. The first-order valence-electron chi connectivity index (χ1n) is 41.8. The number of aliphatic hydroxyl groups excluding tert-OH is 5. The highest BCUT2D eigenvalue weighted by molar-refractivity contribution is 5.76. The van der Waals surface area contributed by atoms with Crippen molar-refractivity contribution in [2.45, 2.75) is 468 Å². The van der Waals surface area contributed by atoms with E-state index in [0.717, 1.165) is 51.4 Å². The smallest absolute Gasteiger partial charge is 0.305 e. The zero-order valence-corrected chi connectivity index (χ0v) is 62.7. The van der Waals surface area contributed by atoms with Gasteiger partial charge in [-0.05, 0) is 70.6 Å². The quantitative estimate of drug-likeness (QED) is 0.0195. The molecule has 0 saturated carbocycles. The maximum absolute atomic E-state index is 13.0. The topological polar surface area (TPSA) is 175 Å². The third-order valence-corrected chi connectivity index (χ3v) is 20.0. The van der Waals surface area contributed by atoms with Crippen LogP contribution in [0.2, 0.25) is 0 Å². The van der Waals surface area contributed by atoms with Crippen molar-refractivity contribution in [3.63, 3.8) is 0 Å². The molecule has 0 bridgehead atoms. The van der Waals surface area contributed by atoms with Crippen LogP contribution in [0.3, 0.4) is 0 Å². The van der Waals surface area contributed by atoms with E-state index in [1.807, 2.05) is 6.08 Å². The van der Waals surface area contributed by atoms with Gasteiger partial charge >= 0.3 is 5.97 Å². The number of carbonyl (C=O) groups excluding carboxylic acids is 2. The van der Waals surface area contributed by atoms with Gasteiger partial charge in [0.1, 0.15) is 24.4 Å². The highest BCUT2D eigenvalue weighted by Gasteiger charge is 2.44. The summed E-state index contributed by atoms with van der Waals surface area (Å²) in [7, 11) is 0. The molecule has 1 saturated heterocycles. The molecule has 0 aromatic carbocycles. The van der Waals surface area contributed by atoms with Crippen molar-refractivity contribution >= 4 is 11.9 Å². The maximum atomic E-state index is 13.0. The van der Waals surface area contributed by atoms with Gasteiger partial charge in [-0.2, -0.15) is 0 Å². The van der Waals surface area contributed by atoms with Crippen LogP contribution in [0.5, 0.6) is 0 Å². The second kappa shape index (κ2) is 73.1. The summed E-state index contributed by atoms with van der Waals surface area (Å²) in [4.78, 5) is 25.2. The fourth-order valence-corrected chi connectivity index (χ4v) is 13.5. The van der Waals surface area contributed by atoms with Gasteiger partial charge in [0, 0.05) is 12.8 Å². The predicted molar refractivity (Wildman–Crippen MR) is 403 cm³/mol. The second-order valence-corrected chi connectivity index (χ2v) is 29.2. The first-order valence-corrected chi connectivity index (χ1v) is 41.8. The molecule has 1 heterocycles. The summed E-state index contributed by atoms with van der Waals surface area (Å²) in [6.45, 7) is 4.34. The van der Waals surface area contributed by atoms with Crippen LogP contribution >= 0.6 is 0 Å². The summed E-state index contributed by atoms with van der Waals surface area (Å²) in [5, 5.41) is 54.3. The van der Waals surface area contributed by atoms with Crippen molar-refractivity contribution < 1.29 is 49.3 Å². The van der Waals surface area contributed by atoms with E-state index in [9.17, 15) is 35.1 Å². The summed E-state index contributed by atoms with van der Waals surface area (Å²) in [6.07, 6.45) is 86.6. The summed E-state index contributed by atoms with van der Waals surface area (Å²) in [5.41, 5.74) is 0. The summed E-state index contributed by atoms with van der Waals surface area (Å²) >= 11 is 0. The first kappa shape index (κ1) is 90.9. The Hall–Kier alpha value is -2.12. The molecule has 0 radical (unpaired) electrons. The number of nitrogens with one attached hydrogen (secondary N) is 1. The average Bonchev–Trinajstić information content (AvgIpc) is 0.834. The molecule has 0 aliphatic carbocycles. The zero-order valence-electron chi connectivity index (χ0n) is 62.7. The van der Waals surface area contributed by atoms with Gasteiger partial charge in [0.05, 0.1) is 32.0 Å². The summed E-state index contributed by atoms with van der Waals surface area (Å²) in [5.74, 6) is -0.166. The largest absolute Gasteiger partial charge is 0.466 e. The van der Waals surface area contributed by atoms with Gasteiger partial charge < -0.3 is 45.1 Å². The Morgan fingerprint density at radius 3 is 1.06 bits per heavy atom. The number of amides is 1. The van der Waals surface area contributed by atoms with Gasteiger partial charge in [-0.25, -0.2) is 0 Å². The summed E-state index contributed by atoms with van der Waals surface area (Å²) in [6, 6.07) is -0.823. The molecule has 0 spiro atoms. The van der Waals surface area contributed by atoms with Crippen LogP contribution in [0.4, 0.5) is 0 Å². The lowest BCUT2D eigenvalue weighted by Crippen LogP contribution is -2.60. The molecule has 560 valence electrons. The van der Waals surface area contributed by atoms with Crippen LogP contribution < -0.4 is 5.32 Å². The van der Waals surface area contributed by atoms with Gasteiger partial charge in [-0.15, -0.1) is 0 Å². The minimum atomic E-state index is -1.57. The Labute approximate surface area is 587 Å². The SMILES string of the molecule is CCCCC/C=C/CC/C=C/C(O)C(COC1OC(CO)C(O)C(O)C1O)NC(=O)CCCCCCCCCCCCCCCCCCC/C=C\CCCCCCCCCCCCCCCCCCCCOC(=O)CCCCCCCCCCCCCCCCCCCCC. The Bertz CT molecular complexity index is 1670. The highest BCUT2D eigenvalue weighted by atomic mass is 16.7. The van der Waals surface area contributed by atoms with Crippen molar-refractivity contribution in [1.82, 2.24) is 5.32 Å². The van der Waals surface area contributed by atoms with Crippen LogP contribution in [0.1, 0.15) is 425 Å². The number of hydrogen-bond acceptors (Lipinski definition) is 10. The lowest BCUT2D eigenvalue weighted by atomic mass is 9.99. The third kappa shape index (κ3) is 61.5. The number of hydrogen-bond donors (Lipinski definition) is 6. The van der Waals surface area contributed by atoms with Crippen molar-refractivity contribution in [3.8, 4) is 0 Å². The molecule has 0 aromatic heterocycles. The predicted octanol–water partition coefficient (Wildman–Crippen LogP) is 22.9. The molecule has 6 N–H and O–H groups in total. The normalized spacial score (nSPS) is 17.5. The van der Waals surface area contributed by atoms with Crippen molar-refractivity contribution in [2.24, 2.45) is 0 Å². The van der Waals surface area contributed by atoms with E-state index in [2.05, 4.69) is 43.5 Å². The van der Waals surface area contributed by atoms with Crippen molar-refractivity contribution in [2.75, 3.05) is 19.8 Å². The van der Waals surface area contributed by atoms with E-state index in [4.69, 9.17) is 14.2 Å². The van der Waals surface area contributed by atoms with E-state index in [1.54, 1.807) is 6.08 Å². The van der Waals surface area contributed by atoms with Crippen LogP contribution in [-0.2, 0) is 23.8 Å². The molecular weight excluding hydrogens is 1180 g/mol. The number of ether oxygens (including phenoxy) is 3. The minimum Gasteiger partial charge on any atom is -0.466 e. The lowest BCUT2D eigenvalue weighted by Gasteiger charge is -2.40.